The van der Waals surface area contributed by atoms with Gasteiger partial charge in [0.05, 0.1) is 7.11 Å². The van der Waals surface area contributed by atoms with Crippen LogP contribution >= 0.6 is 11.6 Å². The first-order chi connectivity index (χ1) is 8.15. The molecule has 1 saturated heterocycles. The lowest BCUT2D eigenvalue weighted by Gasteiger charge is -2.27. The van der Waals surface area contributed by atoms with Crippen molar-refractivity contribution in [2.75, 3.05) is 13.7 Å². The average Bonchev–Trinajstić information content (AvgIpc) is 2.34. The van der Waals surface area contributed by atoms with Gasteiger partial charge >= 0.3 is 0 Å². The largest absolute Gasteiger partial charge is 0.504 e. The number of phenols is 1. The lowest BCUT2D eigenvalue weighted by atomic mass is 9.93. The summed E-state index contributed by atoms with van der Waals surface area (Å²) < 4.78 is 5.32. The summed E-state index contributed by atoms with van der Waals surface area (Å²) in [4.78, 5) is 0. The molecule has 4 heteroatoms. The summed E-state index contributed by atoms with van der Waals surface area (Å²) in [7, 11) is 1.58. The van der Waals surface area contributed by atoms with Crippen molar-refractivity contribution in [3.05, 3.63) is 22.2 Å². The van der Waals surface area contributed by atoms with E-state index >= 15 is 0 Å². The van der Waals surface area contributed by atoms with Gasteiger partial charge in [0.25, 0.3) is 0 Å². The van der Waals surface area contributed by atoms with E-state index in [2.05, 4.69) is 5.32 Å². The minimum Gasteiger partial charge on any atom is -0.504 e. The van der Waals surface area contributed by atoms with Gasteiger partial charge in [0.1, 0.15) is 0 Å². The molecule has 0 aromatic heterocycles. The van der Waals surface area contributed by atoms with Gasteiger partial charge in [-0.25, -0.2) is 0 Å². The maximum absolute atomic E-state index is 9.89. The Labute approximate surface area is 107 Å². The zero-order valence-electron chi connectivity index (χ0n) is 10.2. The molecule has 0 amide bonds. The second kappa shape index (κ2) is 5.15. The molecule has 1 aromatic carbocycles. The third kappa shape index (κ3) is 2.35. The second-order valence-corrected chi connectivity index (χ2v) is 4.86. The van der Waals surface area contributed by atoms with Gasteiger partial charge < -0.3 is 15.2 Å². The number of ether oxygens (including phenoxy) is 1. The fourth-order valence-electron chi connectivity index (χ4n) is 2.46. The highest BCUT2D eigenvalue weighted by molar-refractivity contribution is 6.31. The lowest BCUT2D eigenvalue weighted by molar-refractivity contribution is 0.348. The molecular formula is C13H18ClNO2. The Kier molecular flexibility index (Phi) is 3.79. The normalized spacial score (nSPS) is 20.3. The highest BCUT2D eigenvalue weighted by Gasteiger charge is 2.24. The van der Waals surface area contributed by atoms with E-state index in [0.717, 1.165) is 24.1 Å². The zero-order chi connectivity index (χ0) is 12.4. The molecular weight excluding hydrogens is 238 g/mol. The van der Waals surface area contributed by atoms with Gasteiger partial charge in [-0.1, -0.05) is 18.0 Å². The maximum Gasteiger partial charge on any atom is 0.165 e. The molecule has 0 radical (unpaired) electrons. The number of benzene rings is 1. The summed E-state index contributed by atoms with van der Waals surface area (Å²) >= 11 is 6.12. The topological polar surface area (TPSA) is 41.5 Å². The highest BCUT2D eigenvalue weighted by Crippen LogP contribution is 2.42. The Morgan fingerprint density at radius 2 is 2.24 bits per heavy atom. The van der Waals surface area contributed by atoms with Crippen molar-refractivity contribution in [3.8, 4) is 11.5 Å². The zero-order valence-corrected chi connectivity index (χ0v) is 11.0. The predicted molar refractivity (Wildman–Crippen MR) is 69.0 cm³/mol. The van der Waals surface area contributed by atoms with Crippen molar-refractivity contribution >= 4 is 11.6 Å². The molecule has 17 heavy (non-hydrogen) atoms. The Morgan fingerprint density at radius 3 is 2.82 bits per heavy atom. The number of methoxy groups -OCH3 is 1. The molecule has 3 nitrogen and oxygen atoms in total. The molecule has 0 saturated carbocycles. The molecule has 1 aliphatic heterocycles. The van der Waals surface area contributed by atoms with Crippen LogP contribution in [0.15, 0.2) is 6.07 Å². The summed E-state index contributed by atoms with van der Waals surface area (Å²) in [5, 5.41) is 13.9. The number of rotatable bonds is 2. The van der Waals surface area contributed by atoms with E-state index in [0.29, 0.717) is 10.8 Å². The van der Waals surface area contributed by atoms with Crippen LogP contribution in [-0.2, 0) is 0 Å². The third-order valence-corrected chi connectivity index (χ3v) is 3.76. The highest BCUT2D eigenvalue weighted by atomic mass is 35.5. The SMILES string of the molecule is COc1c(O)cc(Cl)c(C)c1C1CCCCN1. The van der Waals surface area contributed by atoms with E-state index in [1.54, 1.807) is 13.2 Å². The maximum atomic E-state index is 9.89. The van der Waals surface area contributed by atoms with Crippen molar-refractivity contribution < 1.29 is 9.84 Å². The number of nitrogens with one attached hydrogen (secondary N) is 1. The van der Waals surface area contributed by atoms with Gasteiger partial charge in [-0.05, 0) is 31.9 Å². The van der Waals surface area contributed by atoms with Gasteiger partial charge in [-0.15, -0.1) is 0 Å². The van der Waals surface area contributed by atoms with Crippen molar-refractivity contribution in [1.82, 2.24) is 5.32 Å². The molecule has 2 N–H and O–H groups in total. The number of halogens is 1. The van der Waals surface area contributed by atoms with E-state index in [4.69, 9.17) is 16.3 Å². The smallest absolute Gasteiger partial charge is 0.165 e. The second-order valence-electron chi connectivity index (χ2n) is 4.45. The fraction of sp³-hybridized carbons (Fsp3) is 0.538. The van der Waals surface area contributed by atoms with E-state index in [-0.39, 0.29) is 11.8 Å². The average molecular weight is 256 g/mol. The minimum absolute atomic E-state index is 0.116. The van der Waals surface area contributed by atoms with Crippen LogP contribution in [0.25, 0.3) is 0 Å². The van der Waals surface area contributed by atoms with E-state index in [1.807, 2.05) is 6.92 Å². The van der Waals surface area contributed by atoms with Crippen molar-refractivity contribution in [2.45, 2.75) is 32.2 Å². The van der Waals surface area contributed by atoms with Gasteiger partial charge in [0.15, 0.2) is 11.5 Å². The van der Waals surface area contributed by atoms with Crippen LogP contribution in [0.4, 0.5) is 0 Å². The molecule has 1 aliphatic rings. The molecule has 2 rings (SSSR count). The summed E-state index contributed by atoms with van der Waals surface area (Å²) in [5.74, 6) is 0.664. The number of piperidine rings is 1. The van der Waals surface area contributed by atoms with E-state index in [9.17, 15) is 5.11 Å². The molecule has 1 aromatic rings. The van der Waals surface area contributed by atoms with Crippen LogP contribution in [-0.4, -0.2) is 18.8 Å². The Hall–Kier alpha value is -0.930. The van der Waals surface area contributed by atoms with Crippen LogP contribution in [0.1, 0.15) is 36.4 Å². The first kappa shape index (κ1) is 12.5. The molecule has 0 aliphatic carbocycles. The van der Waals surface area contributed by atoms with Crippen LogP contribution in [0, 0.1) is 6.92 Å². The lowest BCUT2D eigenvalue weighted by Crippen LogP contribution is -2.27. The third-order valence-electron chi connectivity index (χ3n) is 3.37. The monoisotopic (exact) mass is 255 g/mol. The Balaban J connectivity index is 2.48. The summed E-state index contributed by atoms with van der Waals surface area (Å²) in [6.45, 7) is 2.97. The van der Waals surface area contributed by atoms with Gasteiger partial charge in [-0.3, -0.25) is 0 Å². The number of aromatic hydroxyl groups is 1. The van der Waals surface area contributed by atoms with Crippen molar-refractivity contribution in [3.63, 3.8) is 0 Å². The first-order valence-corrected chi connectivity index (χ1v) is 6.32. The number of hydrogen-bond donors (Lipinski definition) is 2. The van der Waals surface area contributed by atoms with Crippen LogP contribution < -0.4 is 10.1 Å². The van der Waals surface area contributed by atoms with Crippen molar-refractivity contribution in [2.24, 2.45) is 0 Å². The fourth-order valence-corrected chi connectivity index (χ4v) is 2.67. The standard InChI is InChI=1S/C13H18ClNO2/c1-8-9(14)7-11(16)13(17-2)12(8)10-5-3-4-6-15-10/h7,10,15-16H,3-6H2,1-2H3. The molecule has 94 valence electrons. The quantitative estimate of drug-likeness (QED) is 0.853. The van der Waals surface area contributed by atoms with E-state index < -0.39 is 0 Å². The summed E-state index contributed by atoms with van der Waals surface area (Å²) in [6.07, 6.45) is 3.44. The Bertz CT molecular complexity index is 414. The van der Waals surface area contributed by atoms with Gasteiger partial charge in [0.2, 0.25) is 0 Å². The summed E-state index contributed by atoms with van der Waals surface area (Å²) in [6, 6.07) is 1.77. The molecule has 1 atom stereocenters. The van der Waals surface area contributed by atoms with Gasteiger partial charge in [0, 0.05) is 22.7 Å². The van der Waals surface area contributed by atoms with Crippen LogP contribution in [0.3, 0.4) is 0 Å². The molecule has 0 bridgehead atoms. The van der Waals surface area contributed by atoms with Crippen LogP contribution in [0.5, 0.6) is 11.5 Å². The van der Waals surface area contributed by atoms with Gasteiger partial charge in [-0.2, -0.15) is 0 Å². The Morgan fingerprint density at radius 1 is 1.47 bits per heavy atom. The molecule has 0 spiro atoms. The molecule has 1 unspecified atom stereocenters. The number of phenolic OH excluding ortho intramolecular Hbond substituents is 1. The summed E-state index contributed by atoms with van der Waals surface area (Å²) in [5.41, 5.74) is 1.98. The van der Waals surface area contributed by atoms with Crippen molar-refractivity contribution in [1.29, 1.82) is 0 Å². The molecule has 1 heterocycles. The van der Waals surface area contributed by atoms with Crippen LogP contribution in [0.2, 0.25) is 5.02 Å². The predicted octanol–water partition coefficient (Wildman–Crippen LogP) is 3.18. The van der Waals surface area contributed by atoms with E-state index in [1.165, 1.54) is 12.8 Å². The number of hydrogen-bond acceptors (Lipinski definition) is 3. The first-order valence-electron chi connectivity index (χ1n) is 5.94. The molecule has 1 fully saturated rings. The minimum atomic E-state index is 0.116.